The molecule has 0 aliphatic carbocycles. The number of hydrogen-bond acceptors (Lipinski definition) is 3. The van der Waals surface area contributed by atoms with Crippen LogP contribution in [-0.4, -0.2) is 36.5 Å². The third-order valence-corrected chi connectivity index (χ3v) is 3.21. The topological polar surface area (TPSA) is 21.7 Å². The molecule has 3 saturated heterocycles. The van der Waals surface area contributed by atoms with E-state index < -0.39 is 0 Å². The van der Waals surface area contributed by atoms with Crippen molar-refractivity contribution < 1.29 is 9.57 Å². The van der Waals surface area contributed by atoms with Crippen LogP contribution in [0, 0.1) is 0 Å². The minimum Gasteiger partial charge on any atom is -0.374 e. The van der Waals surface area contributed by atoms with E-state index in [4.69, 9.17) is 9.57 Å². The molecular weight excluding hydrogens is 154 g/mol. The molecule has 68 valence electrons. The summed E-state index contributed by atoms with van der Waals surface area (Å²) in [5, 5.41) is 2.15. The van der Waals surface area contributed by atoms with E-state index >= 15 is 0 Å². The first kappa shape index (κ1) is 7.30. The summed E-state index contributed by atoms with van der Waals surface area (Å²) in [6.07, 6.45) is 5.67. The maximum atomic E-state index is 5.80. The lowest BCUT2D eigenvalue weighted by atomic mass is 9.99. The van der Waals surface area contributed by atoms with Crippen molar-refractivity contribution in [3.63, 3.8) is 0 Å². The zero-order chi connectivity index (χ0) is 7.97. The highest BCUT2D eigenvalue weighted by Crippen LogP contribution is 2.36. The fourth-order valence-corrected chi connectivity index (χ4v) is 2.65. The monoisotopic (exact) mass is 169 g/mol. The van der Waals surface area contributed by atoms with E-state index in [2.05, 4.69) is 5.06 Å². The second-order valence-corrected chi connectivity index (χ2v) is 3.97. The third kappa shape index (κ3) is 0.934. The van der Waals surface area contributed by atoms with E-state index in [1.54, 1.807) is 0 Å². The van der Waals surface area contributed by atoms with E-state index in [-0.39, 0.29) is 0 Å². The number of hydrogen-bond donors (Lipinski definition) is 0. The number of nitrogens with zero attached hydrogens (tertiary/aromatic N) is 1. The minimum absolute atomic E-state index is 0.379. The predicted octanol–water partition coefficient (Wildman–Crippen LogP) is 0.944. The lowest BCUT2D eigenvalue weighted by Gasteiger charge is -2.25. The highest BCUT2D eigenvalue weighted by molar-refractivity contribution is 4.93. The van der Waals surface area contributed by atoms with Crippen LogP contribution in [0.5, 0.6) is 0 Å². The van der Waals surface area contributed by atoms with E-state index in [0.29, 0.717) is 18.2 Å². The van der Waals surface area contributed by atoms with Crippen LogP contribution in [0.4, 0.5) is 0 Å². The summed E-state index contributed by atoms with van der Waals surface area (Å²) in [6, 6.07) is 0.579. The fourth-order valence-electron chi connectivity index (χ4n) is 2.65. The standard InChI is InChI=1S/C9H15NO2/c1-3-7-9-8(4-2-6-11-9)12-10(7)5-1/h7-9H,1-6H2/t7-,8+,9+/m0/s1. The highest BCUT2D eigenvalue weighted by Gasteiger charge is 2.47. The first-order valence-electron chi connectivity index (χ1n) is 5.00. The molecule has 0 bridgehead atoms. The molecule has 0 amide bonds. The van der Waals surface area contributed by atoms with Gasteiger partial charge in [0, 0.05) is 13.2 Å². The van der Waals surface area contributed by atoms with Crippen molar-refractivity contribution in [1.29, 1.82) is 0 Å². The Morgan fingerprint density at radius 2 is 2.17 bits per heavy atom. The number of fused-ring (bicyclic) bond motifs is 3. The van der Waals surface area contributed by atoms with Crippen LogP contribution in [0.15, 0.2) is 0 Å². The lowest BCUT2D eigenvalue weighted by Crippen LogP contribution is -2.37. The largest absolute Gasteiger partial charge is 0.374 e. The van der Waals surface area contributed by atoms with Gasteiger partial charge in [0.2, 0.25) is 0 Å². The maximum absolute atomic E-state index is 5.80. The van der Waals surface area contributed by atoms with Gasteiger partial charge >= 0.3 is 0 Å². The molecule has 3 fully saturated rings. The van der Waals surface area contributed by atoms with Gasteiger partial charge in [0.25, 0.3) is 0 Å². The van der Waals surface area contributed by atoms with Crippen LogP contribution in [0.1, 0.15) is 25.7 Å². The van der Waals surface area contributed by atoms with Crippen molar-refractivity contribution >= 4 is 0 Å². The molecular formula is C9H15NO2. The first-order valence-corrected chi connectivity index (χ1v) is 5.00. The van der Waals surface area contributed by atoms with E-state index in [0.717, 1.165) is 13.2 Å². The summed E-state index contributed by atoms with van der Waals surface area (Å²) in [7, 11) is 0. The second-order valence-electron chi connectivity index (χ2n) is 3.97. The van der Waals surface area contributed by atoms with Gasteiger partial charge in [0.05, 0.1) is 6.04 Å². The average Bonchev–Trinajstić information content (AvgIpc) is 2.62. The van der Waals surface area contributed by atoms with Crippen molar-refractivity contribution in [2.45, 2.75) is 43.9 Å². The Labute approximate surface area is 72.6 Å². The van der Waals surface area contributed by atoms with Gasteiger partial charge < -0.3 is 4.74 Å². The van der Waals surface area contributed by atoms with Crippen molar-refractivity contribution in [3.8, 4) is 0 Å². The zero-order valence-corrected chi connectivity index (χ0v) is 7.24. The molecule has 3 atom stereocenters. The molecule has 0 aromatic rings. The molecule has 0 aromatic carbocycles. The molecule has 0 unspecified atom stereocenters. The van der Waals surface area contributed by atoms with Crippen molar-refractivity contribution in [1.82, 2.24) is 5.06 Å². The van der Waals surface area contributed by atoms with Crippen molar-refractivity contribution in [2.24, 2.45) is 0 Å². The van der Waals surface area contributed by atoms with Crippen LogP contribution in [0.3, 0.4) is 0 Å². The molecule has 3 nitrogen and oxygen atoms in total. The molecule has 0 radical (unpaired) electrons. The van der Waals surface area contributed by atoms with Crippen LogP contribution in [-0.2, 0) is 9.57 Å². The van der Waals surface area contributed by atoms with Crippen LogP contribution < -0.4 is 0 Å². The van der Waals surface area contributed by atoms with Gasteiger partial charge in [-0.15, -0.1) is 0 Å². The molecule has 3 aliphatic rings. The number of hydroxylamine groups is 2. The second kappa shape index (κ2) is 2.69. The van der Waals surface area contributed by atoms with Gasteiger partial charge in [-0.1, -0.05) is 0 Å². The Morgan fingerprint density at radius 3 is 3.17 bits per heavy atom. The molecule has 0 aromatic heterocycles. The molecule has 0 spiro atoms. The summed E-state index contributed by atoms with van der Waals surface area (Å²) in [4.78, 5) is 5.80. The van der Waals surface area contributed by atoms with Gasteiger partial charge in [-0.2, -0.15) is 5.06 Å². The summed E-state index contributed by atoms with van der Waals surface area (Å²) in [5.41, 5.74) is 0. The Balaban J connectivity index is 1.79. The molecule has 0 saturated carbocycles. The van der Waals surface area contributed by atoms with Gasteiger partial charge in [0.1, 0.15) is 12.2 Å². The van der Waals surface area contributed by atoms with Gasteiger partial charge in [-0.25, -0.2) is 0 Å². The molecule has 3 heterocycles. The summed E-state index contributed by atoms with van der Waals surface area (Å²) < 4.78 is 5.75. The van der Waals surface area contributed by atoms with Crippen LogP contribution in [0.25, 0.3) is 0 Å². The summed E-state index contributed by atoms with van der Waals surface area (Å²) in [5.74, 6) is 0. The highest BCUT2D eigenvalue weighted by atomic mass is 16.7. The maximum Gasteiger partial charge on any atom is 0.107 e. The Morgan fingerprint density at radius 1 is 1.17 bits per heavy atom. The van der Waals surface area contributed by atoms with Gasteiger partial charge in [-0.05, 0) is 25.7 Å². The predicted molar refractivity (Wildman–Crippen MR) is 43.6 cm³/mol. The Hall–Kier alpha value is -0.120. The molecule has 12 heavy (non-hydrogen) atoms. The molecule has 3 rings (SSSR count). The van der Waals surface area contributed by atoms with E-state index in [9.17, 15) is 0 Å². The third-order valence-electron chi connectivity index (χ3n) is 3.21. The number of ether oxygens (including phenoxy) is 1. The summed E-state index contributed by atoms with van der Waals surface area (Å²) >= 11 is 0. The molecule has 3 heteroatoms. The molecule has 3 aliphatic heterocycles. The van der Waals surface area contributed by atoms with E-state index in [1.165, 1.54) is 25.7 Å². The normalized spacial score (nSPS) is 47.5. The van der Waals surface area contributed by atoms with Crippen LogP contribution in [0.2, 0.25) is 0 Å². The number of rotatable bonds is 0. The Bertz CT molecular complexity index is 185. The lowest BCUT2D eigenvalue weighted by molar-refractivity contribution is -0.158. The Kier molecular flexibility index (Phi) is 1.63. The van der Waals surface area contributed by atoms with Crippen molar-refractivity contribution in [2.75, 3.05) is 13.2 Å². The van der Waals surface area contributed by atoms with Gasteiger partial charge in [0.15, 0.2) is 0 Å². The summed E-state index contributed by atoms with van der Waals surface area (Å²) in [6.45, 7) is 2.05. The smallest absolute Gasteiger partial charge is 0.107 e. The fraction of sp³-hybridized carbons (Fsp3) is 1.00. The van der Waals surface area contributed by atoms with Gasteiger partial charge in [-0.3, -0.25) is 4.84 Å². The minimum atomic E-state index is 0.379. The molecule has 0 N–H and O–H groups in total. The first-order chi connectivity index (χ1) is 5.95. The van der Waals surface area contributed by atoms with Crippen molar-refractivity contribution in [3.05, 3.63) is 0 Å². The quantitative estimate of drug-likeness (QED) is 0.538. The van der Waals surface area contributed by atoms with Crippen LogP contribution >= 0.6 is 0 Å². The average molecular weight is 169 g/mol. The zero-order valence-electron chi connectivity index (χ0n) is 7.24. The van der Waals surface area contributed by atoms with E-state index in [1.807, 2.05) is 0 Å². The SMILES string of the molecule is C1CO[C@H]2[C@@H](C1)ON1CCC[C@@H]21.